The van der Waals surface area contributed by atoms with Gasteiger partial charge in [0.25, 0.3) is 0 Å². The number of ether oxygens (including phenoxy) is 2. The average Bonchev–Trinajstić information content (AvgIpc) is 2.89. The first-order chi connectivity index (χ1) is 19.8. The highest BCUT2D eigenvalue weighted by atomic mass is 16.6. The first kappa shape index (κ1) is 27.5. The van der Waals surface area contributed by atoms with Crippen LogP contribution in [0.25, 0.3) is 0 Å². The normalized spacial score (nSPS) is 17.7. The van der Waals surface area contributed by atoms with Crippen molar-refractivity contribution in [2.24, 2.45) is 0 Å². The topological polar surface area (TPSA) is 258 Å². The van der Waals surface area contributed by atoms with Crippen LogP contribution in [0, 0.1) is 0 Å². The number of carbonyl (C=O) groups is 1. The average molecular weight is 582 g/mol. The number of hydrogen-bond acceptors (Lipinski definition) is 14. The van der Waals surface area contributed by atoms with Crippen molar-refractivity contribution in [1.29, 1.82) is 0 Å². The fourth-order valence-electron chi connectivity index (χ4n) is 4.88. The lowest BCUT2D eigenvalue weighted by Gasteiger charge is -2.40. The van der Waals surface area contributed by atoms with Gasteiger partial charge >= 0.3 is 5.97 Å². The SMILES string of the molecule is O=C(O[C@@H]1[C@@H](c2c(O)cc(O)cc2O)c2c(O)cc(O)cc2O[C@@H]1c1cc(O)c(O)c(O)c1)c1cc(O)c(O)c(O)c1. The van der Waals surface area contributed by atoms with E-state index in [1.807, 2.05) is 0 Å². The van der Waals surface area contributed by atoms with Crippen LogP contribution in [0.5, 0.6) is 69.0 Å². The van der Waals surface area contributed by atoms with Crippen molar-refractivity contribution >= 4 is 5.97 Å². The lowest BCUT2D eigenvalue weighted by Crippen LogP contribution is -2.39. The van der Waals surface area contributed by atoms with Gasteiger partial charge in [0.15, 0.2) is 46.7 Å². The van der Waals surface area contributed by atoms with Crippen LogP contribution in [0.4, 0.5) is 0 Å². The minimum absolute atomic E-state index is 0.145. The highest BCUT2D eigenvalue weighted by Crippen LogP contribution is 2.56. The second-order valence-corrected chi connectivity index (χ2v) is 9.43. The van der Waals surface area contributed by atoms with E-state index < -0.39 is 98.5 Å². The number of hydrogen-bond donors (Lipinski definition) is 11. The molecule has 3 atom stereocenters. The first-order valence-electron chi connectivity index (χ1n) is 11.9. The van der Waals surface area contributed by atoms with Crippen molar-refractivity contribution in [2.75, 3.05) is 0 Å². The third-order valence-corrected chi connectivity index (χ3v) is 6.70. The second-order valence-electron chi connectivity index (χ2n) is 9.43. The van der Waals surface area contributed by atoms with Crippen LogP contribution < -0.4 is 4.74 Å². The highest BCUT2D eigenvalue weighted by Gasteiger charge is 2.47. The number of phenols is 11. The smallest absolute Gasteiger partial charge is 0.338 e. The first-order valence-corrected chi connectivity index (χ1v) is 11.9. The maximum absolute atomic E-state index is 13.4. The summed E-state index contributed by atoms with van der Waals surface area (Å²) in [5.41, 5.74) is -1.25. The molecule has 0 fully saturated rings. The van der Waals surface area contributed by atoms with Gasteiger partial charge in [0.1, 0.15) is 34.5 Å². The minimum atomic E-state index is -1.75. The van der Waals surface area contributed by atoms with E-state index in [2.05, 4.69) is 0 Å². The molecule has 0 bridgehead atoms. The predicted octanol–water partition coefficient (Wildman–Crippen LogP) is 2.94. The number of aromatic hydroxyl groups is 11. The zero-order valence-corrected chi connectivity index (χ0v) is 21.0. The number of fused-ring (bicyclic) bond motifs is 1. The van der Waals surface area contributed by atoms with Gasteiger partial charge in [-0.15, -0.1) is 0 Å². The molecule has 11 N–H and O–H groups in total. The van der Waals surface area contributed by atoms with Gasteiger partial charge in [0.05, 0.1) is 11.5 Å². The summed E-state index contributed by atoms with van der Waals surface area (Å²) in [5.74, 6) is -11.4. The predicted molar refractivity (Wildman–Crippen MR) is 138 cm³/mol. The minimum Gasteiger partial charge on any atom is -0.508 e. The van der Waals surface area contributed by atoms with Crippen LogP contribution in [-0.4, -0.2) is 68.2 Å². The number of carbonyl (C=O) groups excluding carboxylic acids is 1. The van der Waals surface area contributed by atoms with Crippen LogP contribution in [-0.2, 0) is 4.74 Å². The lowest BCUT2D eigenvalue weighted by molar-refractivity contribution is -0.0274. The Kier molecular flexibility index (Phi) is 6.45. The standard InChI is InChI=1S/C28H22O14/c29-11-5-13(31)21(14(32)6-11)23-22-15(33)7-12(30)8-20(22)41-26(9-1-16(34)24(38)17(35)2-9)27(23)42-28(40)10-3-18(36)25(39)19(37)4-10/h1-8,23,26-27,29-39H/t23-,26+,27+/m0/s1. The van der Waals surface area contributed by atoms with Crippen LogP contribution in [0.15, 0.2) is 48.5 Å². The summed E-state index contributed by atoms with van der Waals surface area (Å²) >= 11 is 0. The Morgan fingerprint density at radius 2 is 1.02 bits per heavy atom. The van der Waals surface area contributed by atoms with E-state index in [1.165, 1.54) is 0 Å². The Labute approximate surface area is 234 Å². The molecular weight excluding hydrogens is 560 g/mol. The fraction of sp³-hybridized carbons (Fsp3) is 0.107. The molecule has 4 aromatic carbocycles. The van der Waals surface area contributed by atoms with E-state index in [9.17, 15) is 61.0 Å². The van der Waals surface area contributed by atoms with Crippen LogP contribution >= 0.6 is 0 Å². The molecule has 0 aromatic heterocycles. The Morgan fingerprint density at radius 3 is 1.55 bits per heavy atom. The van der Waals surface area contributed by atoms with Crippen molar-refractivity contribution in [2.45, 2.75) is 18.1 Å². The van der Waals surface area contributed by atoms with E-state index in [0.29, 0.717) is 0 Å². The van der Waals surface area contributed by atoms with Crippen molar-refractivity contribution < 1.29 is 70.4 Å². The Morgan fingerprint density at radius 1 is 0.571 bits per heavy atom. The quantitative estimate of drug-likeness (QED) is 0.122. The second kappa shape index (κ2) is 9.85. The maximum Gasteiger partial charge on any atom is 0.338 e. The highest BCUT2D eigenvalue weighted by molar-refractivity contribution is 5.91. The molecule has 5 rings (SSSR count). The molecule has 218 valence electrons. The summed E-state index contributed by atoms with van der Waals surface area (Å²) in [7, 11) is 0. The number of rotatable bonds is 4. The van der Waals surface area contributed by atoms with Crippen LogP contribution in [0.1, 0.15) is 39.1 Å². The van der Waals surface area contributed by atoms with Crippen molar-refractivity contribution in [3.05, 3.63) is 70.8 Å². The van der Waals surface area contributed by atoms with Crippen LogP contribution in [0.3, 0.4) is 0 Å². The van der Waals surface area contributed by atoms with Crippen molar-refractivity contribution in [3.63, 3.8) is 0 Å². The van der Waals surface area contributed by atoms with Crippen molar-refractivity contribution in [3.8, 4) is 69.0 Å². The molecule has 14 nitrogen and oxygen atoms in total. The molecule has 42 heavy (non-hydrogen) atoms. The maximum atomic E-state index is 13.4. The molecule has 0 unspecified atom stereocenters. The van der Waals surface area contributed by atoms with Gasteiger partial charge in [-0.1, -0.05) is 0 Å². The molecule has 0 saturated carbocycles. The van der Waals surface area contributed by atoms with Gasteiger partial charge in [-0.25, -0.2) is 4.79 Å². The molecule has 1 heterocycles. The lowest BCUT2D eigenvalue weighted by atomic mass is 9.78. The molecule has 0 saturated heterocycles. The third-order valence-electron chi connectivity index (χ3n) is 6.70. The van der Waals surface area contributed by atoms with Gasteiger partial charge in [0.2, 0.25) is 0 Å². The van der Waals surface area contributed by atoms with Crippen molar-refractivity contribution in [1.82, 2.24) is 0 Å². The Bertz CT molecular complexity index is 1680. The van der Waals surface area contributed by atoms with E-state index in [1.54, 1.807) is 0 Å². The number of phenolic OH excluding ortho intramolecular Hbond substituents is 11. The molecule has 0 spiro atoms. The molecule has 0 aliphatic carbocycles. The molecule has 14 heteroatoms. The van der Waals surface area contributed by atoms with E-state index in [0.717, 1.165) is 48.5 Å². The molecule has 4 aromatic rings. The molecule has 1 aliphatic rings. The molecular formula is C28H22O14. The Balaban J connectivity index is 1.78. The van der Waals surface area contributed by atoms with Gasteiger partial charge in [-0.2, -0.15) is 0 Å². The van der Waals surface area contributed by atoms with E-state index in [-0.39, 0.29) is 16.9 Å². The largest absolute Gasteiger partial charge is 0.508 e. The van der Waals surface area contributed by atoms with Gasteiger partial charge < -0.3 is 65.6 Å². The van der Waals surface area contributed by atoms with Gasteiger partial charge in [0, 0.05) is 41.0 Å². The monoisotopic (exact) mass is 582 g/mol. The van der Waals surface area contributed by atoms with E-state index >= 15 is 0 Å². The fourth-order valence-corrected chi connectivity index (χ4v) is 4.88. The van der Waals surface area contributed by atoms with Gasteiger partial charge in [-0.3, -0.25) is 0 Å². The summed E-state index contributed by atoms with van der Waals surface area (Å²) in [6, 6.07) is 7.08. The summed E-state index contributed by atoms with van der Waals surface area (Å²) in [4.78, 5) is 13.4. The summed E-state index contributed by atoms with van der Waals surface area (Å²) < 4.78 is 11.6. The third kappa shape index (κ3) is 4.56. The van der Waals surface area contributed by atoms with E-state index in [4.69, 9.17) is 9.47 Å². The van der Waals surface area contributed by atoms with Crippen LogP contribution in [0.2, 0.25) is 0 Å². The van der Waals surface area contributed by atoms with Gasteiger partial charge in [-0.05, 0) is 24.3 Å². The molecule has 0 radical (unpaired) electrons. The molecule has 1 aliphatic heterocycles. The summed E-state index contributed by atoms with van der Waals surface area (Å²) in [6.45, 7) is 0. The number of benzene rings is 4. The summed E-state index contributed by atoms with van der Waals surface area (Å²) in [5, 5.41) is 112. The zero-order chi connectivity index (χ0) is 30.6. The summed E-state index contributed by atoms with van der Waals surface area (Å²) in [6.07, 6.45) is -3.33. The Hall–Kier alpha value is -6.05. The molecule has 0 amide bonds. The number of esters is 1. The zero-order valence-electron chi connectivity index (χ0n) is 21.0.